The Kier molecular flexibility index (Phi) is 8.41. The normalized spacial score (nSPS) is 11.2. The second kappa shape index (κ2) is 11.7. The summed E-state index contributed by atoms with van der Waals surface area (Å²) in [6.07, 6.45) is 3.56. The van der Waals surface area contributed by atoms with Crippen molar-refractivity contribution in [2.75, 3.05) is 25.1 Å². The lowest BCUT2D eigenvalue weighted by Crippen LogP contribution is -2.40. The predicted molar refractivity (Wildman–Crippen MR) is 146 cm³/mol. The highest BCUT2D eigenvalue weighted by Gasteiger charge is 2.29. The monoisotopic (exact) mass is 572 g/mol. The van der Waals surface area contributed by atoms with Gasteiger partial charge in [0, 0.05) is 30.7 Å². The molecule has 0 bridgehead atoms. The topological polar surface area (TPSA) is 103 Å². The molecule has 0 saturated heterocycles. The molecular weight excluding hydrogens is 547 g/mol. The molecule has 1 aromatic heterocycles. The molecule has 39 heavy (non-hydrogen) atoms. The number of aryl methyl sites for hydroxylation is 1. The van der Waals surface area contributed by atoms with Crippen molar-refractivity contribution in [2.45, 2.75) is 18.4 Å². The SMILES string of the molecule is COc1ccc(S(=O)(=O)N(CC(=O)NCc2ccc(-n3ccnc3C)cc2)c2ccc(F)c(Cl)c2)cc1OC. The molecule has 0 aliphatic carbocycles. The minimum Gasteiger partial charge on any atom is -0.493 e. The van der Waals surface area contributed by atoms with Gasteiger partial charge in [-0.25, -0.2) is 17.8 Å². The number of methoxy groups -OCH3 is 2. The number of benzene rings is 3. The zero-order valence-corrected chi connectivity index (χ0v) is 23.0. The summed E-state index contributed by atoms with van der Waals surface area (Å²) >= 11 is 5.94. The number of rotatable bonds is 10. The van der Waals surface area contributed by atoms with Crippen LogP contribution >= 0.6 is 11.6 Å². The van der Waals surface area contributed by atoms with Crippen LogP contribution in [0.4, 0.5) is 10.1 Å². The van der Waals surface area contributed by atoms with E-state index in [-0.39, 0.29) is 27.9 Å². The van der Waals surface area contributed by atoms with E-state index in [2.05, 4.69) is 10.3 Å². The van der Waals surface area contributed by atoms with Gasteiger partial charge >= 0.3 is 0 Å². The minimum absolute atomic E-state index is 0.0198. The number of carbonyl (C=O) groups excluding carboxylic acids is 1. The average Bonchev–Trinajstić information content (AvgIpc) is 3.37. The summed E-state index contributed by atoms with van der Waals surface area (Å²) < 4.78 is 54.4. The maximum atomic E-state index is 13.9. The van der Waals surface area contributed by atoms with Gasteiger partial charge in [0.15, 0.2) is 11.5 Å². The van der Waals surface area contributed by atoms with Gasteiger partial charge in [-0.1, -0.05) is 23.7 Å². The fraction of sp³-hybridized carbons (Fsp3) is 0.185. The molecule has 4 rings (SSSR count). The molecule has 1 amide bonds. The molecule has 0 spiro atoms. The van der Waals surface area contributed by atoms with E-state index in [1.165, 1.54) is 38.5 Å². The van der Waals surface area contributed by atoms with Gasteiger partial charge in [0.2, 0.25) is 5.91 Å². The highest BCUT2D eigenvalue weighted by molar-refractivity contribution is 7.92. The zero-order valence-electron chi connectivity index (χ0n) is 21.4. The lowest BCUT2D eigenvalue weighted by atomic mass is 10.2. The van der Waals surface area contributed by atoms with Crippen LogP contribution in [0.5, 0.6) is 11.5 Å². The Morgan fingerprint density at radius 2 is 1.77 bits per heavy atom. The lowest BCUT2D eigenvalue weighted by molar-refractivity contribution is -0.119. The van der Waals surface area contributed by atoms with E-state index in [0.29, 0.717) is 5.75 Å². The zero-order chi connectivity index (χ0) is 28.2. The van der Waals surface area contributed by atoms with Crippen molar-refractivity contribution in [3.63, 3.8) is 0 Å². The van der Waals surface area contributed by atoms with Gasteiger partial charge in [0.05, 0.1) is 29.8 Å². The highest BCUT2D eigenvalue weighted by Crippen LogP contribution is 2.33. The molecule has 0 radical (unpaired) electrons. The van der Waals surface area contributed by atoms with Crippen LogP contribution in [0, 0.1) is 12.7 Å². The molecule has 204 valence electrons. The Bertz CT molecular complexity index is 1590. The molecule has 0 unspecified atom stereocenters. The third kappa shape index (κ3) is 6.15. The van der Waals surface area contributed by atoms with E-state index in [1.807, 2.05) is 42.0 Å². The van der Waals surface area contributed by atoms with Crippen LogP contribution in [0.2, 0.25) is 5.02 Å². The number of nitrogens with zero attached hydrogens (tertiary/aromatic N) is 3. The van der Waals surface area contributed by atoms with Crippen LogP contribution in [0.1, 0.15) is 11.4 Å². The number of imidazole rings is 1. The van der Waals surface area contributed by atoms with Crippen molar-refractivity contribution in [3.05, 3.63) is 95.3 Å². The Labute approximate surface area is 230 Å². The Hall–Kier alpha value is -4.09. The van der Waals surface area contributed by atoms with E-state index in [4.69, 9.17) is 21.1 Å². The van der Waals surface area contributed by atoms with Crippen LogP contribution in [-0.2, 0) is 21.4 Å². The van der Waals surface area contributed by atoms with Crippen molar-refractivity contribution in [3.8, 4) is 17.2 Å². The predicted octanol–water partition coefficient (Wildman–Crippen LogP) is 4.50. The molecule has 1 N–H and O–H groups in total. The van der Waals surface area contributed by atoms with E-state index in [0.717, 1.165) is 33.5 Å². The van der Waals surface area contributed by atoms with Gasteiger partial charge in [-0.15, -0.1) is 0 Å². The fourth-order valence-electron chi connectivity index (χ4n) is 3.87. The second-order valence-electron chi connectivity index (χ2n) is 8.41. The number of anilines is 1. The van der Waals surface area contributed by atoms with Crippen LogP contribution in [0.25, 0.3) is 5.69 Å². The van der Waals surface area contributed by atoms with Gasteiger partial charge in [0.1, 0.15) is 18.2 Å². The summed E-state index contributed by atoms with van der Waals surface area (Å²) in [4.78, 5) is 17.0. The standard InChI is InChI=1S/C27H26ClFN4O5S/c1-18-30-12-13-32(18)20-6-4-19(5-7-20)16-31-27(34)17-33(21-8-10-24(29)23(28)14-21)39(35,36)22-9-11-25(37-2)26(15-22)38-3/h4-15H,16-17H2,1-3H3,(H,31,34). The molecule has 9 nitrogen and oxygen atoms in total. The Morgan fingerprint density at radius 1 is 1.05 bits per heavy atom. The first-order valence-corrected chi connectivity index (χ1v) is 13.5. The average molecular weight is 573 g/mol. The molecule has 0 aliphatic heterocycles. The molecule has 0 saturated carbocycles. The Morgan fingerprint density at radius 3 is 2.38 bits per heavy atom. The molecule has 0 aliphatic rings. The van der Waals surface area contributed by atoms with Crippen molar-refractivity contribution >= 4 is 33.2 Å². The Balaban J connectivity index is 1.56. The van der Waals surface area contributed by atoms with Crippen LogP contribution < -0.4 is 19.1 Å². The van der Waals surface area contributed by atoms with E-state index in [9.17, 15) is 17.6 Å². The van der Waals surface area contributed by atoms with E-state index >= 15 is 0 Å². The van der Waals surface area contributed by atoms with E-state index < -0.39 is 28.3 Å². The van der Waals surface area contributed by atoms with Gasteiger partial charge < -0.3 is 19.4 Å². The fourth-order valence-corrected chi connectivity index (χ4v) is 5.48. The van der Waals surface area contributed by atoms with Gasteiger partial charge in [-0.3, -0.25) is 9.10 Å². The summed E-state index contributed by atoms with van der Waals surface area (Å²) in [6, 6.07) is 15.0. The number of halogens is 2. The first-order chi connectivity index (χ1) is 18.6. The molecule has 0 atom stereocenters. The number of hydrogen-bond acceptors (Lipinski definition) is 6. The number of nitrogens with one attached hydrogen (secondary N) is 1. The first kappa shape index (κ1) is 27.9. The lowest BCUT2D eigenvalue weighted by Gasteiger charge is -2.25. The smallest absolute Gasteiger partial charge is 0.264 e. The second-order valence-corrected chi connectivity index (χ2v) is 10.7. The number of amides is 1. The number of sulfonamides is 1. The van der Waals surface area contributed by atoms with Crippen LogP contribution in [0.3, 0.4) is 0 Å². The number of hydrogen-bond donors (Lipinski definition) is 1. The van der Waals surface area contributed by atoms with Gasteiger partial charge in [-0.2, -0.15) is 0 Å². The molecule has 4 aromatic rings. The van der Waals surface area contributed by atoms with Crippen molar-refractivity contribution in [1.82, 2.24) is 14.9 Å². The third-order valence-corrected chi connectivity index (χ3v) is 8.01. The summed E-state index contributed by atoms with van der Waals surface area (Å²) in [5, 5.41) is 2.46. The first-order valence-electron chi connectivity index (χ1n) is 11.7. The van der Waals surface area contributed by atoms with Crippen LogP contribution in [-0.4, -0.2) is 44.6 Å². The largest absolute Gasteiger partial charge is 0.493 e. The molecular formula is C27H26ClFN4O5S. The van der Waals surface area contributed by atoms with Crippen molar-refractivity contribution < 1.29 is 27.1 Å². The molecule has 0 fully saturated rings. The number of aromatic nitrogens is 2. The maximum Gasteiger partial charge on any atom is 0.264 e. The molecule has 12 heteroatoms. The maximum absolute atomic E-state index is 13.9. The minimum atomic E-state index is -4.31. The third-order valence-electron chi connectivity index (χ3n) is 5.95. The number of ether oxygens (including phenoxy) is 2. The number of carbonyl (C=O) groups is 1. The van der Waals surface area contributed by atoms with Gasteiger partial charge in [-0.05, 0) is 55.0 Å². The quantitative estimate of drug-likeness (QED) is 0.300. The van der Waals surface area contributed by atoms with Crippen molar-refractivity contribution in [1.29, 1.82) is 0 Å². The van der Waals surface area contributed by atoms with E-state index in [1.54, 1.807) is 6.20 Å². The van der Waals surface area contributed by atoms with Gasteiger partial charge in [0.25, 0.3) is 10.0 Å². The molecule has 1 heterocycles. The van der Waals surface area contributed by atoms with Crippen molar-refractivity contribution in [2.24, 2.45) is 0 Å². The summed E-state index contributed by atoms with van der Waals surface area (Å²) in [5.41, 5.74) is 1.75. The summed E-state index contributed by atoms with van der Waals surface area (Å²) in [7, 11) is -1.50. The summed E-state index contributed by atoms with van der Waals surface area (Å²) in [5.74, 6) is 0.0682. The molecule has 3 aromatic carbocycles. The van der Waals surface area contributed by atoms with Crippen LogP contribution in [0.15, 0.2) is 78.0 Å². The summed E-state index contributed by atoms with van der Waals surface area (Å²) in [6.45, 7) is 1.48. The highest BCUT2D eigenvalue weighted by atomic mass is 35.5.